The third-order valence-electron chi connectivity index (χ3n) is 3.46. The van der Waals surface area contributed by atoms with Gasteiger partial charge in [-0.2, -0.15) is 0 Å². The summed E-state index contributed by atoms with van der Waals surface area (Å²) in [6, 6.07) is -0.0306. The van der Waals surface area contributed by atoms with Crippen LogP contribution in [-0.2, 0) is 4.79 Å². The Morgan fingerprint density at radius 2 is 1.90 bits per heavy atom. The van der Waals surface area contributed by atoms with E-state index in [0.717, 1.165) is 19.6 Å². The number of unbranched alkanes of at least 4 members (excludes halogenated alkanes) is 1. The lowest BCUT2D eigenvalue weighted by atomic mass is 10.1. The van der Waals surface area contributed by atoms with Crippen LogP contribution < -0.4 is 10.6 Å². The first-order valence-electron chi connectivity index (χ1n) is 7.56. The number of aliphatic carboxylic acids is 1. The Morgan fingerprint density at radius 1 is 1.20 bits per heavy atom. The zero-order valence-corrected chi connectivity index (χ0v) is 12.4. The molecule has 1 heterocycles. The molecule has 1 fully saturated rings. The van der Waals surface area contributed by atoms with Crippen LogP contribution in [0.4, 0.5) is 4.79 Å². The van der Waals surface area contributed by atoms with Crippen LogP contribution in [0.5, 0.6) is 0 Å². The molecule has 6 nitrogen and oxygen atoms in total. The SMILES string of the molecule is CC(CN1CCCCC1)NC(=O)NCCCCC(=O)O. The second-order valence-electron chi connectivity index (χ2n) is 5.51. The topological polar surface area (TPSA) is 81.7 Å². The average molecular weight is 285 g/mol. The van der Waals surface area contributed by atoms with Crippen LogP contribution in [0.2, 0.25) is 0 Å². The zero-order chi connectivity index (χ0) is 14.8. The van der Waals surface area contributed by atoms with Gasteiger partial charge < -0.3 is 20.6 Å². The van der Waals surface area contributed by atoms with Gasteiger partial charge in [0.05, 0.1) is 0 Å². The number of carboxylic acid groups (broad SMARTS) is 1. The molecule has 6 heteroatoms. The minimum atomic E-state index is -0.787. The fraction of sp³-hybridized carbons (Fsp3) is 0.857. The molecule has 0 aromatic rings. The molecule has 1 aliphatic heterocycles. The van der Waals surface area contributed by atoms with Gasteiger partial charge in [0.15, 0.2) is 0 Å². The summed E-state index contributed by atoms with van der Waals surface area (Å²) < 4.78 is 0. The van der Waals surface area contributed by atoms with Gasteiger partial charge in [-0.05, 0) is 45.7 Å². The maximum atomic E-state index is 11.6. The number of carbonyl (C=O) groups excluding carboxylic acids is 1. The van der Waals surface area contributed by atoms with Crippen LogP contribution in [0.15, 0.2) is 0 Å². The summed E-state index contributed by atoms with van der Waals surface area (Å²) in [5.41, 5.74) is 0. The van der Waals surface area contributed by atoms with E-state index in [2.05, 4.69) is 15.5 Å². The van der Waals surface area contributed by atoms with E-state index in [0.29, 0.717) is 19.4 Å². The third kappa shape index (κ3) is 7.99. The van der Waals surface area contributed by atoms with Gasteiger partial charge in [-0.3, -0.25) is 4.79 Å². The second kappa shape index (κ2) is 9.58. The van der Waals surface area contributed by atoms with Gasteiger partial charge in [-0.25, -0.2) is 4.79 Å². The second-order valence-corrected chi connectivity index (χ2v) is 5.51. The Hall–Kier alpha value is -1.30. The molecule has 1 saturated heterocycles. The summed E-state index contributed by atoms with van der Waals surface area (Å²) >= 11 is 0. The van der Waals surface area contributed by atoms with E-state index in [1.165, 1.54) is 19.3 Å². The molecule has 1 atom stereocenters. The first-order valence-corrected chi connectivity index (χ1v) is 7.56. The third-order valence-corrected chi connectivity index (χ3v) is 3.46. The highest BCUT2D eigenvalue weighted by Crippen LogP contribution is 2.08. The van der Waals surface area contributed by atoms with E-state index >= 15 is 0 Å². The molecule has 116 valence electrons. The molecule has 1 rings (SSSR count). The molecule has 0 bridgehead atoms. The first-order chi connectivity index (χ1) is 9.58. The number of rotatable bonds is 8. The van der Waals surface area contributed by atoms with Crippen LogP contribution in [-0.4, -0.2) is 54.2 Å². The van der Waals surface area contributed by atoms with Crippen molar-refractivity contribution in [1.29, 1.82) is 0 Å². The molecule has 0 aliphatic carbocycles. The van der Waals surface area contributed by atoms with Crippen molar-refractivity contribution in [2.24, 2.45) is 0 Å². The number of likely N-dealkylation sites (tertiary alicyclic amines) is 1. The molecule has 0 radical (unpaired) electrons. The number of hydrogen-bond donors (Lipinski definition) is 3. The Labute approximate surface area is 120 Å². The van der Waals surface area contributed by atoms with Crippen molar-refractivity contribution in [3.05, 3.63) is 0 Å². The van der Waals surface area contributed by atoms with Gasteiger partial charge in [0.1, 0.15) is 0 Å². The molecular formula is C14H27N3O3. The van der Waals surface area contributed by atoms with Crippen molar-refractivity contribution >= 4 is 12.0 Å². The smallest absolute Gasteiger partial charge is 0.315 e. The van der Waals surface area contributed by atoms with Gasteiger partial charge in [0.2, 0.25) is 0 Å². The number of nitrogens with zero attached hydrogens (tertiary/aromatic N) is 1. The Kier molecular flexibility index (Phi) is 8.02. The summed E-state index contributed by atoms with van der Waals surface area (Å²) in [4.78, 5) is 24.4. The van der Waals surface area contributed by atoms with E-state index in [-0.39, 0.29) is 18.5 Å². The number of piperidine rings is 1. The number of urea groups is 1. The van der Waals surface area contributed by atoms with Crippen molar-refractivity contribution in [1.82, 2.24) is 15.5 Å². The standard InChI is InChI=1S/C14H27N3O3/c1-12(11-17-9-5-2-6-10-17)16-14(20)15-8-4-3-7-13(18)19/h12H,2-11H2,1H3,(H,18,19)(H2,15,16,20). The lowest BCUT2D eigenvalue weighted by molar-refractivity contribution is -0.137. The molecule has 0 aromatic carbocycles. The lowest BCUT2D eigenvalue weighted by Gasteiger charge is -2.29. The van der Waals surface area contributed by atoms with Crippen LogP contribution in [0.3, 0.4) is 0 Å². The maximum absolute atomic E-state index is 11.6. The monoisotopic (exact) mass is 285 g/mol. The van der Waals surface area contributed by atoms with Gasteiger partial charge in [0, 0.05) is 25.6 Å². The largest absolute Gasteiger partial charge is 0.481 e. The zero-order valence-electron chi connectivity index (χ0n) is 12.4. The Bertz CT molecular complexity index is 304. The molecule has 20 heavy (non-hydrogen) atoms. The average Bonchev–Trinajstić information content (AvgIpc) is 2.38. The maximum Gasteiger partial charge on any atom is 0.315 e. The molecule has 0 spiro atoms. The molecular weight excluding hydrogens is 258 g/mol. The highest BCUT2D eigenvalue weighted by atomic mass is 16.4. The number of carbonyl (C=O) groups is 2. The summed E-state index contributed by atoms with van der Waals surface area (Å²) in [6.45, 7) is 5.69. The van der Waals surface area contributed by atoms with E-state index in [1.807, 2.05) is 6.92 Å². The summed E-state index contributed by atoms with van der Waals surface area (Å²) in [5.74, 6) is -0.787. The predicted octanol–water partition coefficient (Wildman–Crippen LogP) is 1.41. The molecule has 3 N–H and O–H groups in total. The summed E-state index contributed by atoms with van der Waals surface area (Å²) in [6.07, 6.45) is 5.27. The van der Waals surface area contributed by atoms with Gasteiger partial charge >= 0.3 is 12.0 Å². The van der Waals surface area contributed by atoms with Crippen LogP contribution >= 0.6 is 0 Å². The number of nitrogens with one attached hydrogen (secondary N) is 2. The number of amides is 2. The molecule has 0 saturated carbocycles. The number of hydrogen-bond acceptors (Lipinski definition) is 3. The van der Waals surface area contributed by atoms with E-state index in [9.17, 15) is 9.59 Å². The fourth-order valence-electron chi connectivity index (χ4n) is 2.45. The first kappa shape index (κ1) is 16.8. The van der Waals surface area contributed by atoms with E-state index in [4.69, 9.17) is 5.11 Å². The van der Waals surface area contributed by atoms with Crippen LogP contribution in [0.1, 0.15) is 45.4 Å². The van der Waals surface area contributed by atoms with Crippen LogP contribution in [0.25, 0.3) is 0 Å². The molecule has 0 aromatic heterocycles. The van der Waals surface area contributed by atoms with Gasteiger partial charge in [-0.15, -0.1) is 0 Å². The lowest BCUT2D eigenvalue weighted by Crippen LogP contribution is -2.47. The van der Waals surface area contributed by atoms with E-state index < -0.39 is 5.97 Å². The van der Waals surface area contributed by atoms with Gasteiger partial charge in [-0.1, -0.05) is 6.42 Å². The minimum absolute atomic E-state index is 0.132. The fourth-order valence-corrected chi connectivity index (χ4v) is 2.45. The van der Waals surface area contributed by atoms with Crippen molar-refractivity contribution < 1.29 is 14.7 Å². The minimum Gasteiger partial charge on any atom is -0.481 e. The highest BCUT2D eigenvalue weighted by molar-refractivity contribution is 5.74. The predicted molar refractivity (Wildman–Crippen MR) is 77.8 cm³/mol. The molecule has 2 amide bonds. The van der Waals surface area contributed by atoms with Crippen molar-refractivity contribution in [2.75, 3.05) is 26.2 Å². The quantitative estimate of drug-likeness (QED) is 0.589. The van der Waals surface area contributed by atoms with Crippen LogP contribution in [0, 0.1) is 0 Å². The highest BCUT2D eigenvalue weighted by Gasteiger charge is 2.14. The normalized spacial score (nSPS) is 17.4. The number of carboxylic acids is 1. The molecule has 1 aliphatic rings. The summed E-state index contributed by atoms with van der Waals surface area (Å²) in [7, 11) is 0. The summed E-state index contributed by atoms with van der Waals surface area (Å²) in [5, 5.41) is 14.2. The Balaban J connectivity index is 2.03. The van der Waals surface area contributed by atoms with Gasteiger partial charge in [0.25, 0.3) is 0 Å². The van der Waals surface area contributed by atoms with Crippen molar-refractivity contribution in [2.45, 2.75) is 51.5 Å². The van der Waals surface area contributed by atoms with Crippen molar-refractivity contribution in [3.8, 4) is 0 Å². The van der Waals surface area contributed by atoms with E-state index in [1.54, 1.807) is 0 Å². The van der Waals surface area contributed by atoms with Crippen molar-refractivity contribution in [3.63, 3.8) is 0 Å². The Morgan fingerprint density at radius 3 is 2.55 bits per heavy atom. The molecule has 1 unspecified atom stereocenters.